The molecule has 0 saturated heterocycles. The smallest absolute Gasteiger partial charge is 0.261 e. The van der Waals surface area contributed by atoms with E-state index in [4.69, 9.17) is 0 Å². The maximum absolute atomic E-state index is 12.8. The predicted molar refractivity (Wildman–Crippen MR) is 89.4 cm³/mol. The lowest BCUT2D eigenvalue weighted by atomic mass is 10.1. The molecular weight excluding hydrogens is 323 g/mol. The summed E-state index contributed by atoms with van der Waals surface area (Å²) >= 11 is 0. The predicted octanol–water partition coefficient (Wildman–Crippen LogP) is 2.44. The average Bonchev–Trinajstić information content (AvgIpc) is 2.83. The number of hydrogen-bond acceptors (Lipinski definition) is 3. The number of benzene rings is 2. The van der Waals surface area contributed by atoms with Gasteiger partial charge in [-0.05, 0) is 36.8 Å². The van der Waals surface area contributed by atoms with Crippen molar-refractivity contribution in [2.24, 2.45) is 0 Å². The molecule has 1 aliphatic rings. The van der Waals surface area contributed by atoms with Crippen molar-refractivity contribution in [3.63, 3.8) is 0 Å². The Bertz CT molecular complexity index is 846. The van der Waals surface area contributed by atoms with E-state index in [1.165, 1.54) is 12.1 Å². The van der Waals surface area contributed by atoms with Gasteiger partial charge in [0.05, 0.1) is 11.1 Å². The van der Waals surface area contributed by atoms with Crippen LogP contribution in [0.15, 0.2) is 42.5 Å². The van der Waals surface area contributed by atoms with Crippen LogP contribution in [0.2, 0.25) is 0 Å². The zero-order valence-corrected chi connectivity index (χ0v) is 13.7. The van der Waals surface area contributed by atoms with Crippen LogP contribution in [0, 0.1) is 12.7 Å². The summed E-state index contributed by atoms with van der Waals surface area (Å²) in [7, 11) is 0. The molecule has 3 amide bonds. The summed E-state index contributed by atoms with van der Waals surface area (Å²) in [5.74, 6) is -1.35. The number of halogens is 1. The zero-order valence-electron chi connectivity index (χ0n) is 13.7. The molecule has 0 bridgehead atoms. The van der Waals surface area contributed by atoms with Gasteiger partial charge in [0.1, 0.15) is 5.82 Å². The first-order chi connectivity index (χ1) is 12.0. The van der Waals surface area contributed by atoms with Crippen LogP contribution >= 0.6 is 0 Å². The minimum atomic E-state index is -0.369. The van der Waals surface area contributed by atoms with Crippen molar-refractivity contribution in [2.75, 3.05) is 6.54 Å². The van der Waals surface area contributed by atoms with Gasteiger partial charge in [0.15, 0.2) is 0 Å². The molecule has 2 aromatic carbocycles. The van der Waals surface area contributed by atoms with Crippen molar-refractivity contribution in [2.45, 2.75) is 19.9 Å². The molecule has 0 atom stereocenters. The molecule has 0 spiro atoms. The summed E-state index contributed by atoms with van der Waals surface area (Å²) in [5, 5.41) is 2.69. The molecule has 0 fully saturated rings. The monoisotopic (exact) mass is 340 g/mol. The van der Waals surface area contributed by atoms with E-state index in [1.54, 1.807) is 30.3 Å². The van der Waals surface area contributed by atoms with Crippen molar-refractivity contribution < 1.29 is 18.8 Å². The summed E-state index contributed by atoms with van der Waals surface area (Å²) < 4.78 is 12.8. The number of fused-ring (bicyclic) bond motifs is 1. The van der Waals surface area contributed by atoms with Gasteiger partial charge >= 0.3 is 0 Å². The molecule has 0 radical (unpaired) electrons. The van der Waals surface area contributed by atoms with Crippen LogP contribution in [0.5, 0.6) is 0 Å². The van der Waals surface area contributed by atoms with E-state index in [2.05, 4.69) is 5.32 Å². The van der Waals surface area contributed by atoms with Crippen molar-refractivity contribution >= 4 is 17.7 Å². The number of rotatable bonds is 5. The van der Waals surface area contributed by atoms with Crippen LogP contribution < -0.4 is 5.32 Å². The Morgan fingerprint density at radius 3 is 2.44 bits per heavy atom. The first-order valence-corrected chi connectivity index (χ1v) is 7.93. The first kappa shape index (κ1) is 16.8. The van der Waals surface area contributed by atoms with Crippen molar-refractivity contribution in [1.82, 2.24) is 10.2 Å². The van der Waals surface area contributed by atoms with E-state index >= 15 is 0 Å². The second-order valence-corrected chi connectivity index (χ2v) is 5.96. The summed E-state index contributed by atoms with van der Waals surface area (Å²) in [6.07, 6.45) is 0.0195. The van der Waals surface area contributed by atoms with Gasteiger partial charge in [0.25, 0.3) is 11.8 Å². The van der Waals surface area contributed by atoms with Gasteiger partial charge in [0.2, 0.25) is 5.91 Å². The number of nitrogens with one attached hydrogen (secondary N) is 1. The van der Waals surface area contributed by atoms with Gasteiger partial charge in [-0.3, -0.25) is 19.3 Å². The number of imide groups is 1. The third-order valence-corrected chi connectivity index (χ3v) is 4.09. The Morgan fingerprint density at radius 1 is 1.04 bits per heavy atom. The largest absolute Gasteiger partial charge is 0.352 e. The lowest BCUT2D eigenvalue weighted by Gasteiger charge is -2.13. The summed E-state index contributed by atoms with van der Waals surface area (Å²) in [6.45, 7) is 2.14. The Hall–Kier alpha value is -3.02. The molecule has 25 heavy (non-hydrogen) atoms. The second-order valence-electron chi connectivity index (χ2n) is 5.96. The highest BCUT2D eigenvalue weighted by atomic mass is 19.1. The van der Waals surface area contributed by atoms with Gasteiger partial charge in [-0.15, -0.1) is 0 Å². The maximum atomic E-state index is 12.8. The molecule has 2 aromatic rings. The van der Waals surface area contributed by atoms with E-state index in [0.717, 1.165) is 16.0 Å². The number of carbonyl (C=O) groups excluding carboxylic acids is 3. The van der Waals surface area contributed by atoms with Gasteiger partial charge in [-0.1, -0.05) is 23.8 Å². The van der Waals surface area contributed by atoms with Gasteiger partial charge < -0.3 is 5.32 Å². The van der Waals surface area contributed by atoms with Crippen molar-refractivity contribution in [3.8, 4) is 0 Å². The standard InChI is InChI=1S/C19H17FN2O3/c1-12-2-7-15-16(10-12)19(25)22(18(15)24)9-8-17(23)21-11-13-3-5-14(20)6-4-13/h2-7,10H,8-9,11H2,1H3,(H,21,23). The highest BCUT2D eigenvalue weighted by Gasteiger charge is 2.35. The van der Waals surface area contributed by atoms with Gasteiger partial charge in [-0.25, -0.2) is 4.39 Å². The molecule has 1 N–H and O–H groups in total. The highest BCUT2D eigenvalue weighted by molar-refractivity contribution is 6.21. The third-order valence-electron chi connectivity index (χ3n) is 4.09. The molecule has 0 unspecified atom stereocenters. The molecule has 5 nitrogen and oxygen atoms in total. The van der Waals surface area contributed by atoms with Crippen LogP contribution in [-0.4, -0.2) is 29.2 Å². The molecule has 3 rings (SSSR count). The molecule has 0 saturated carbocycles. The zero-order chi connectivity index (χ0) is 18.0. The van der Waals surface area contributed by atoms with Crippen molar-refractivity contribution in [3.05, 3.63) is 70.5 Å². The molecular formula is C19H17FN2O3. The fourth-order valence-electron chi connectivity index (χ4n) is 2.71. The van der Waals surface area contributed by atoms with Crippen LogP contribution in [0.25, 0.3) is 0 Å². The van der Waals surface area contributed by atoms with E-state index in [9.17, 15) is 18.8 Å². The number of nitrogens with zero attached hydrogens (tertiary/aromatic N) is 1. The average molecular weight is 340 g/mol. The van der Waals surface area contributed by atoms with Gasteiger partial charge in [0, 0.05) is 19.5 Å². The van der Waals surface area contributed by atoms with Crippen LogP contribution in [0.4, 0.5) is 4.39 Å². The number of hydrogen-bond donors (Lipinski definition) is 1. The van der Waals surface area contributed by atoms with E-state index in [1.807, 2.05) is 6.92 Å². The maximum Gasteiger partial charge on any atom is 0.261 e. The molecule has 0 aliphatic carbocycles. The summed E-state index contributed by atoms with van der Waals surface area (Å²) in [5.41, 5.74) is 2.43. The molecule has 128 valence electrons. The van der Waals surface area contributed by atoms with E-state index < -0.39 is 0 Å². The van der Waals surface area contributed by atoms with Crippen LogP contribution in [0.1, 0.15) is 38.3 Å². The Labute approximate surface area is 144 Å². The van der Waals surface area contributed by atoms with E-state index in [-0.39, 0.29) is 43.0 Å². The Kier molecular flexibility index (Phi) is 4.61. The lowest BCUT2D eigenvalue weighted by Crippen LogP contribution is -2.34. The van der Waals surface area contributed by atoms with Crippen LogP contribution in [0.3, 0.4) is 0 Å². The molecule has 1 aliphatic heterocycles. The SMILES string of the molecule is Cc1ccc2c(c1)C(=O)N(CCC(=O)NCc1ccc(F)cc1)C2=O. The van der Waals surface area contributed by atoms with Crippen molar-refractivity contribution in [1.29, 1.82) is 0 Å². The van der Waals surface area contributed by atoms with Crippen LogP contribution in [-0.2, 0) is 11.3 Å². The topological polar surface area (TPSA) is 66.5 Å². The lowest BCUT2D eigenvalue weighted by molar-refractivity contribution is -0.121. The van der Waals surface area contributed by atoms with E-state index in [0.29, 0.717) is 11.1 Å². The molecule has 6 heteroatoms. The number of aryl methyl sites for hydroxylation is 1. The number of amides is 3. The Balaban J connectivity index is 1.55. The normalized spacial score (nSPS) is 13.1. The highest BCUT2D eigenvalue weighted by Crippen LogP contribution is 2.23. The second kappa shape index (κ2) is 6.84. The fraction of sp³-hybridized carbons (Fsp3) is 0.211. The Morgan fingerprint density at radius 2 is 1.72 bits per heavy atom. The molecule has 0 aromatic heterocycles. The quantitative estimate of drug-likeness (QED) is 0.850. The summed E-state index contributed by atoms with van der Waals surface area (Å²) in [4.78, 5) is 37.6. The fourth-order valence-corrected chi connectivity index (χ4v) is 2.71. The minimum Gasteiger partial charge on any atom is -0.352 e. The van der Waals surface area contributed by atoms with Gasteiger partial charge in [-0.2, -0.15) is 0 Å². The number of carbonyl (C=O) groups is 3. The third kappa shape index (κ3) is 3.57. The molecule has 1 heterocycles. The minimum absolute atomic E-state index is 0.0195. The first-order valence-electron chi connectivity index (χ1n) is 7.93. The summed E-state index contributed by atoms with van der Waals surface area (Å²) in [6, 6.07) is 10.9.